The maximum atomic E-state index is 14.8. The van der Waals surface area contributed by atoms with E-state index in [4.69, 9.17) is 0 Å². The summed E-state index contributed by atoms with van der Waals surface area (Å²) in [6.45, 7) is 6.87. The zero-order chi connectivity index (χ0) is 21.8. The summed E-state index contributed by atoms with van der Waals surface area (Å²) in [4.78, 5) is 12.6. The standard InChI is InChI=1S/C21H21F4N5/c1-10(2)30-12(4)28-19-16(22)7-13(8-18(19)30)14-5-6-17-15(14)9-26-20(29-17)27-11(3)21(23,24)25/h5,7-11H,6H2,1-4H3,(H,26,27,29)/t11-/m1/s1. The number of imidazole rings is 1. The average Bonchev–Trinajstić information content (AvgIpc) is 3.21. The van der Waals surface area contributed by atoms with Crippen LogP contribution in [0.4, 0.5) is 23.5 Å². The molecule has 0 bridgehead atoms. The number of allylic oxidation sites excluding steroid dienone is 1. The van der Waals surface area contributed by atoms with Gasteiger partial charge in [-0.05, 0) is 51.0 Å². The zero-order valence-corrected chi connectivity index (χ0v) is 17.0. The maximum Gasteiger partial charge on any atom is 0.408 e. The maximum absolute atomic E-state index is 14.8. The number of nitrogens with zero attached hydrogens (tertiary/aromatic N) is 4. The topological polar surface area (TPSA) is 55.6 Å². The van der Waals surface area contributed by atoms with Gasteiger partial charge in [0.25, 0.3) is 0 Å². The first-order valence-electron chi connectivity index (χ1n) is 9.64. The number of fused-ring (bicyclic) bond motifs is 2. The van der Waals surface area contributed by atoms with Gasteiger partial charge < -0.3 is 9.88 Å². The Hall–Kier alpha value is -2.97. The van der Waals surface area contributed by atoms with Gasteiger partial charge in [0.2, 0.25) is 5.95 Å². The molecule has 0 spiro atoms. The minimum atomic E-state index is -4.39. The van der Waals surface area contributed by atoms with Crippen LogP contribution in [0.1, 0.15) is 49.5 Å². The Morgan fingerprint density at radius 3 is 2.53 bits per heavy atom. The summed E-state index contributed by atoms with van der Waals surface area (Å²) >= 11 is 0. The number of rotatable bonds is 4. The molecule has 0 saturated carbocycles. The minimum Gasteiger partial charge on any atom is -0.343 e. The number of nitrogens with one attached hydrogen (secondary N) is 1. The highest BCUT2D eigenvalue weighted by molar-refractivity contribution is 5.89. The zero-order valence-electron chi connectivity index (χ0n) is 17.0. The van der Waals surface area contributed by atoms with Crippen LogP contribution in [0.3, 0.4) is 0 Å². The summed E-state index contributed by atoms with van der Waals surface area (Å²) in [5, 5.41) is 2.28. The Bertz CT molecular complexity index is 1160. The van der Waals surface area contributed by atoms with Crippen molar-refractivity contribution in [2.75, 3.05) is 5.32 Å². The third-order valence-electron chi connectivity index (χ3n) is 5.25. The fourth-order valence-corrected chi connectivity index (χ4v) is 3.80. The Morgan fingerprint density at radius 2 is 1.87 bits per heavy atom. The van der Waals surface area contributed by atoms with Crippen LogP contribution in [0, 0.1) is 12.7 Å². The first-order chi connectivity index (χ1) is 14.1. The van der Waals surface area contributed by atoms with E-state index in [0.29, 0.717) is 34.3 Å². The molecule has 0 aliphatic heterocycles. The van der Waals surface area contributed by atoms with Gasteiger partial charge in [0.05, 0.1) is 11.2 Å². The summed E-state index contributed by atoms with van der Waals surface area (Å²) in [6.07, 6.45) is -0.583. The molecule has 2 aromatic heterocycles. The summed E-state index contributed by atoms with van der Waals surface area (Å²) in [6, 6.07) is 1.66. The van der Waals surface area contributed by atoms with Crippen LogP contribution in [0.25, 0.3) is 16.6 Å². The molecule has 1 atom stereocenters. The Balaban J connectivity index is 1.71. The molecule has 158 valence electrons. The smallest absolute Gasteiger partial charge is 0.343 e. The van der Waals surface area contributed by atoms with Crippen molar-refractivity contribution in [1.29, 1.82) is 0 Å². The molecule has 1 aliphatic rings. The predicted molar refractivity (Wildman–Crippen MR) is 107 cm³/mol. The van der Waals surface area contributed by atoms with E-state index in [9.17, 15) is 17.6 Å². The van der Waals surface area contributed by atoms with Gasteiger partial charge in [-0.25, -0.2) is 19.3 Å². The lowest BCUT2D eigenvalue weighted by atomic mass is 10.0. The van der Waals surface area contributed by atoms with Crippen molar-refractivity contribution in [3.8, 4) is 0 Å². The molecule has 5 nitrogen and oxygen atoms in total. The number of alkyl halides is 3. The molecule has 0 saturated heterocycles. The Kier molecular flexibility index (Phi) is 4.79. The quantitative estimate of drug-likeness (QED) is 0.590. The van der Waals surface area contributed by atoms with E-state index in [-0.39, 0.29) is 12.0 Å². The summed E-state index contributed by atoms with van der Waals surface area (Å²) in [5.74, 6) is 0.232. The monoisotopic (exact) mass is 419 g/mol. The van der Waals surface area contributed by atoms with Gasteiger partial charge in [-0.15, -0.1) is 0 Å². The van der Waals surface area contributed by atoms with Crippen molar-refractivity contribution in [2.45, 2.75) is 52.4 Å². The summed E-state index contributed by atoms with van der Waals surface area (Å²) < 4.78 is 55.1. The number of halogens is 4. The van der Waals surface area contributed by atoms with Crippen LogP contribution in [0.15, 0.2) is 24.4 Å². The van der Waals surface area contributed by atoms with Crippen LogP contribution < -0.4 is 5.32 Å². The number of benzene rings is 1. The molecule has 0 fully saturated rings. The van der Waals surface area contributed by atoms with E-state index < -0.39 is 18.0 Å². The average molecular weight is 419 g/mol. The van der Waals surface area contributed by atoms with Crippen LogP contribution >= 0.6 is 0 Å². The van der Waals surface area contributed by atoms with E-state index in [1.807, 2.05) is 37.5 Å². The van der Waals surface area contributed by atoms with Gasteiger partial charge in [-0.2, -0.15) is 13.2 Å². The van der Waals surface area contributed by atoms with E-state index in [2.05, 4.69) is 20.3 Å². The largest absolute Gasteiger partial charge is 0.408 e. The SMILES string of the molecule is Cc1nc2c(F)cc(C3=CCc4nc(N[C@H](C)C(F)(F)F)ncc43)cc2n1C(C)C. The second kappa shape index (κ2) is 7.07. The highest BCUT2D eigenvalue weighted by Gasteiger charge is 2.36. The van der Waals surface area contributed by atoms with Crippen molar-refractivity contribution < 1.29 is 17.6 Å². The van der Waals surface area contributed by atoms with E-state index in [1.165, 1.54) is 12.3 Å². The van der Waals surface area contributed by atoms with Gasteiger partial charge >= 0.3 is 6.18 Å². The van der Waals surface area contributed by atoms with Crippen LogP contribution in [-0.2, 0) is 6.42 Å². The summed E-state index contributed by atoms with van der Waals surface area (Å²) in [7, 11) is 0. The third kappa shape index (κ3) is 3.42. The molecule has 0 radical (unpaired) electrons. The van der Waals surface area contributed by atoms with Crippen molar-refractivity contribution in [3.05, 3.63) is 52.9 Å². The highest BCUT2D eigenvalue weighted by atomic mass is 19.4. The van der Waals surface area contributed by atoms with Crippen LogP contribution in [0.5, 0.6) is 0 Å². The summed E-state index contributed by atoms with van der Waals surface area (Å²) in [5.41, 5.74) is 3.73. The third-order valence-corrected chi connectivity index (χ3v) is 5.25. The van der Waals surface area contributed by atoms with E-state index in [0.717, 1.165) is 18.3 Å². The Morgan fingerprint density at radius 1 is 1.13 bits per heavy atom. The molecule has 9 heteroatoms. The van der Waals surface area contributed by atoms with Crippen molar-refractivity contribution in [3.63, 3.8) is 0 Å². The number of aryl methyl sites for hydroxylation is 1. The first-order valence-corrected chi connectivity index (χ1v) is 9.64. The van der Waals surface area contributed by atoms with Crippen LogP contribution in [0.2, 0.25) is 0 Å². The molecule has 30 heavy (non-hydrogen) atoms. The molecule has 0 amide bonds. The fraction of sp³-hybridized carbons (Fsp3) is 0.381. The number of hydrogen-bond donors (Lipinski definition) is 1. The number of aromatic nitrogens is 4. The predicted octanol–water partition coefficient (Wildman–Crippen LogP) is 5.21. The van der Waals surface area contributed by atoms with Crippen molar-refractivity contribution >= 4 is 22.6 Å². The van der Waals surface area contributed by atoms with Crippen molar-refractivity contribution in [1.82, 2.24) is 19.5 Å². The second-order valence-electron chi connectivity index (χ2n) is 7.73. The van der Waals surface area contributed by atoms with E-state index in [1.54, 1.807) is 0 Å². The highest BCUT2D eigenvalue weighted by Crippen LogP contribution is 2.35. The van der Waals surface area contributed by atoms with Gasteiger partial charge in [-0.3, -0.25) is 0 Å². The Labute approximate surface area is 170 Å². The van der Waals surface area contributed by atoms with Gasteiger partial charge in [-0.1, -0.05) is 6.08 Å². The molecule has 1 aliphatic carbocycles. The fourth-order valence-electron chi connectivity index (χ4n) is 3.80. The first kappa shape index (κ1) is 20.3. The molecular weight excluding hydrogens is 398 g/mol. The number of hydrogen-bond acceptors (Lipinski definition) is 4. The van der Waals surface area contributed by atoms with Crippen LogP contribution in [-0.4, -0.2) is 31.7 Å². The molecule has 2 heterocycles. The van der Waals surface area contributed by atoms with Gasteiger partial charge in [0, 0.05) is 24.2 Å². The normalized spacial score (nSPS) is 14.9. The molecular formula is C21H21F4N5. The molecule has 0 unspecified atom stereocenters. The number of anilines is 1. The lowest BCUT2D eigenvalue weighted by Crippen LogP contribution is -2.33. The minimum absolute atomic E-state index is 0.0802. The lowest BCUT2D eigenvalue weighted by Gasteiger charge is -2.17. The van der Waals surface area contributed by atoms with Gasteiger partial charge in [0.15, 0.2) is 5.82 Å². The lowest BCUT2D eigenvalue weighted by molar-refractivity contribution is -0.138. The molecule has 1 aromatic carbocycles. The van der Waals surface area contributed by atoms with E-state index >= 15 is 0 Å². The molecule has 4 rings (SSSR count). The van der Waals surface area contributed by atoms with Crippen molar-refractivity contribution in [2.24, 2.45) is 0 Å². The molecule has 1 N–H and O–H groups in total. The molecule has 3 aromatic rings. The second-order valence-corrected chi connectivity index (χ2v) is 7.73. The van der Waals surface area contributed by atoms with Gasteiger partial charge in [0.1, 0.15) is 17.4 Å².